The molecule has 4 nitrogen and oxygen atoms in total. The van der Waals surface area contributed by atoms with E-state index in [4.69, 9.17) is 16.3 Å². The summed E-state index contributed by atoms with van der Waals surface area (Å²) in [6.07, 6.45) is 17.8. The maximum Gasteiger partial charge on any atom is 0.305 e. The molecule has 4 aliphatic carbocycles. The number of aliphatic hydroxyl groups is 1. The smallest absolute Gasteiger partial charge is 0.305 e. The van der Waals surface area contributed by atoms with Gasteiger partial charge in [0.05, 0.1) is 6.61 Å². The highest BCUT2D eigenvalue weighted by molar-refractivity contribution is 6.63. The van der Waals surface area contributed by atoms with Gasteiger partial charge in [-0.2, -0.15) is 0 Å². The summed E-state index contributed by atoms with van der Waals surface area (Å²) in [5, 5.41) is 9.01. The lowest BCUT2D eigenvalue weighted by molar-refractivity contribution is -0.145. The molecule has 0 saturated heterocycles. The lowest BCUT2D eigenvalue weighted by Gasteiger charge is -2.29. The number of carbonyl (C=O) groups excluding carboxylic acids is 2. The van der Waals surface area contributed by atoms with Gasteiger partial charge >= 0.3 is 5.97 Å². The Morgan fingerprint density at radius 3 is 1.57 bits per heavy atom. The monoisotopic (exact) mass is 540 g/mol. The molecule has 5 heteroatoms. The zero-order valence-corrected chi connectivity index (χ0v) is 25.6. The summed E-state index contributed by atoms with van der Waals surface area (Å²) in [4.78, 5) is 20.8. The second-order valence-electron chi connectivity index (χ2n) is 13.3. The van der Waals surface area contributed by atoms with Crippen LogP contribution in [0.25, 0.3) is 0 Å². The van der Waals surface area contributed by atoms with Crippen LogP contribution >= 0.6 is 11.6 Å². The Hall–Kier alpha value is -0.610. The second-order valence-corrected chi connectivity index (χ2v) is 13.7. The maximum atomic E-state index is 11.2. The summed E-state index contributed by atoms with van der Waals surface area (Å²) in [7, 11) is 0. The van der Waals surface area contributed by atoms with E-state index < -0.39 is 0 Å². The molecule has 4 saturated carbocycles. The quantitative estimate of drug-likeness (QED) is 0.235. The SMILES string of the molecule is CCC(=O)Cl.CCC(=O)OC[C@]1(C)C[C@H]1[C@@H](C)C1CCCCC1.C[C@@H](C1CCCCC1)[C@@H]1C[C@@]1(C)CO. The van der Waals surface area contributed by atoms with Crippen molar-refractivity contribution in [3.05, 3.63) is 0 Å². The Kier molecular flexibility index (Phi) is 13.4. The van der Waals surface area contributed by atoms with Crippen molar-refractivity contribution >= 4 is 22.8 Å². The zero-order valence-electron chi connectivity index (χ0n) is 24.8. The fourth-order valence-corrected chi connectivity index (χ4v) is 7.20. The van der Waals surface area contributed by atoms with E-state index in [-0.39, 0.29) is 22.0 Å². The van der Waals surface area contributed by atoms with Gasteiger partial charge in [0, 0.05) is 24.9 Å². The first-order chi connectivity index (χ1) is 17.5. The number of esters is 1. The van der Waals surface area contributed by atoms with Gasteiger partial charge in [-0.25, -0.2) is 0 Å². The van der Waals surface area contributed by atoms with E-state index in [2.05, 4.69) is 27.7 Å². The van der Waals surface area contributed by atoms with Crippen molar-refractivity contribution in [3.8, 4) is 0 Å². The highest BCUT2D eigenvalue weighted by atomic mass is 35.5. The second kappa shape index (κ2) is 15.2. The molecule has 0 spiro atoms. The van der Waals surface area contributed by atoms with E-state index in [1.54, 1.807) is 6.92 Å². The van der Waals surface area contributed by atoms with E-state index >= 15 is 0 Å². The van der Waals surface area contributed by atoms with E-state index in [0.717, 1.165) is 35.5 Å². The molecule has 0 radical (unpaired) electrons. The topological polar surface area (TPSA) is 63.6 Å². The number of rotatable bonds is 9. The van der Waals surface area contributed by atoms with E-state index in [1.807, 2.05) is 6.92 Å². The molecule has 0 aromatic heterocycles. The number of hydrogen-bond donors (Lipinski definition) is 1. The van der Waals surface area contributed by atoms with E-state index in [1.165, 1.54) is 77.0 Å². The molecule has 0 heterocycles. The Balaban J connectivity index is 0.000000225. The first kappa shape index (κ1) is 32.6. The maximum absolute atomic E-state index is 11.2. The Morgan fingerprint density at radius 1 is 0.811 bits per heavy atom. The van der Waals surface area contributed by atoms with Crippen molar-refractivity contribution in [2.45, 2.75) is 131 Å². The standard InChI is InChI=1S/C16H28O2.C13H24O.C3H5ClO/c1-4-15(17)18-11-16(3)10-14(16)12(2)13-8-6-5-7-9-13;1-10(11-6-4-3-5-7-11)12-8-13(12,2)9-14;1-2-3(4)5/h12-14H,4-11H2,1-3H3;10-12,14H,3-9H2,1-2H3;2H2,1H3/t12-,14-,16-;10-,12-,13-;/m00./s1. The van der Waals surface area contributed by atoms with Gasteiger partial charge in [0.25, 0.3) is 0 Å². The van der Waals surface area contributed by atoms with Crippen LogP contribution in [0.5, 0.6) is 0 Å². The van der Waals surface area contributed by atoms with Crippen molar-refractivity contribution < 1.29 is 19.4 Å². The Labute approximate surface area is 233 Å². The molecule has 4 aliphatic rings. The first-order valence-electron chi connectivity index (χ1n) is 15.5. The van der Waals surface area contributed by atoms with Gasteiger partial charge in [-0.05, 0) is 65.4 Å². The van der Waals surface area contributed by atoms with Gasteiger partial charge in [0.1, 0.15) is 0 Å². The molecular formula is C32H57ClO4. The summed E-state index contributed by atoms with van der Waals surface area (Å²) in [6.45, 7) is 14.0. The normalized spacial score (nSPS) is 33.1. The number of halogens is 1. The van der Waals surface area contributed by atoms with Crippen molar-refractivity contribution in [3.63, 3.8) is 0 Å². The van der Waals surface area contributed by atoms with Crippen molar-refractivity contribution in [1.82, 2.24) is 0 Å². The lowest BCUT2D eigenvalue weighted by atomic mass is 9.77. The van der Waals surface area contributed by atoms with Crippen LogP contribution in [-0.4, -0.2) is 29.5 Å². The predicted octanol–water partition coefficient (Wildman–Crippen LogP) is 8.57. The van der Waals surface area contributed by atoms with Gasteiger partial charge in [0.15, 0.2) is 0 Å². The van der Waals surface area contributed by atoms with Crippen molar-refractivity contribution in [2.75, 3.05) is 13.2 Å². The predicted molar refractivity (Wildman–Crippen MR) is 153 cm³/mol. The average Bonchev–Trinajstić information content (AvgIpc) is 3.82. The molecule has 37 heavy (non-hydrogen) atoms. The number of aliphatic hydroxyl groups excluding tert-OH is 1. The van der Waals surface area contributed by atoms with Gasteiger partial charge in [0.2, 0.25) is 5.24 Å². The fraction of sp³-hybridized carbons (Fsp3) is 0.938. The summed E-state index contributed by atoms with van der Waals surface area (Å²) in [5.41, 5.74) is 0.568. The van der Waals surface area contributed by atoms with Crippen molar-refractivity contribution in [1.29, 1.82) is 0 Å². The van der Waals surface area contributed by atoms with E-state index in [0.29, 0.717) is 26.1 Å². The van der Waals surface area contributed by atoms with Crippen LogP contribution in [0.2, 0.25) is 0 Å². The highest BCUT2D eigenvalue weighted by Gasteiger charge is 2.55. The molecule has 0 aliphatic heterocycles. The molecule has 0 amide bonds. The van der Waals surface area contributed by atoms with E-state index in [9.17, 15) is 14.7 Å². The van der Waals surface area contributed by atoms with Crippen LogP contribution < -0.4 is 0 Å². The molecular weight excluding hydrogens is 484 g/mol. The van der Waals surface area contributed by atoms with Gasteiger partial charge in [-0.3, -0.25) is 9.59 Å². The van der Waals surface area contributed by atoms with Crippen LogP contribution in [0.1, 0.15) is 131 Å². The zero-order chi connectivity index (χ0) is 27.6. The van der Waals surface area contributed by atoms with Crippen LogP contribution in [0.4, 0.5) is 0 Å². The minimum Gasteiger partial charge on any atom is -0.465 e. The van der Waals surface area contributed by atoms with Gasteiger partial charge < -0.3 is 9.84 Å². The third kappa shape index (κ3) is 10.1. The molecule has 0 aromatic rings. The lowest BCUT2D eigenvalue weighted by Crippen LogP contribution is -2.21. The molecule has 4 fully saturated rings. The van der Waals surface area contributed by atoms with Crippen LogP contribution in [0.15, 0.2) is 0 Å². The molecule has 0 unspecified atom stereocenters. The molecule has 1 N–H and O–H groups in total. The summed E-state index contributed by atoms with van der Waals surface area (Å²) in [6, 6.07) is 0. The molecule has 4 rings (SSSR count). The van der Waals surface area contributed by atoms with Gasteiger partial charge in [-0.1, -0.05) is 106 Å². The summed E-state index contributed by atoms with van der Waals surface area (Å²) in [5.74, 6) is 5.10. The number of hydrogen-bond acceptors (Lipinski definition) is 4. The minimum absolute atomic E-state index is 0.0489. The molecule has 216 valence electrons. The molecule has 0 aromatic carbocycles. The third-order valence-electron chi connectivity index (χ3n) is 10.4. The average molecular weight is 541 g/mol. The third-order valence-corrected chi connectivity index (χ3v) is 10.7. The fourth-order valence-electron chi connectivity index (χ4n) is 7.20. The largest absolute Gasteiger partial charge is 0.465 e. The summed E-state index contributed by atoms with van der Waals surface area (Å²) >= 11 is 4.82. The minimum atomic E-state index is -0.273. The first-order valence-corrected chi connectivity index (χ1v) is 15.8. The number of ether oxygens (including phenoxy) is 1. The Morgan fingerprint density at radius 2 is 1.22 bits per heavy atom. The van der Waals surface area contributed by atoms with Crippen LogP contribution in [-0.2, 0) is 14.3 Å². The Bertz CT molecular complexity index is 694. The van der Waals surface area contributed by atoms with Gasteiger partial charge in [-0.15, -0.1) is 0 Å². The highest BCUT2D eigenvalue weighted by Crippen LogP contribution is 2.59. The number of carbonyl (C=O) groups is 2. The summed E-state index contributed by atoms with van der Waals surface area (Å²) < 4.78 is 5.35. The van der Waals surface area contributed by atoms with Crippen molar-refractivity contribution in [2.24, 2.45) is 46.3 Å². The molecule has 0 bridgehead atoms. The van der Waals surface area contributed by atoms with Crippen LogP contribution in [0, 0.1) is 46.3 Å². The van der Waals surface area contributed by atoms with Crippen LogP contribution in [0.3, 0.4) is 0 Å². The molecule has 6 atom stereocenters.